The number of hydrogen-bond acceptors (Lipinski definition) is 1. The Morgan fingerprint density at radius 1 is 1.33 bits per heavy atom. The molecule has 0 N–H and O–H groups in total. The Kier molecular flexibility index (Phi) is 3.94. The summed E-state index contributed by atoms with van der Waals surface area (Å²) < 4.78 is 0. The van der Waals surface area contributed by atoms with Crippen LogP contribution in [-0.2, 0) is 6.42 Å². The van der Waals surface area contributed by atoms with Crippen molar-refractivity contribution in [3.8, 4) is 11.8 Å². The van der Waals surface area contributed by atoms with Crippen LogP contribution in [0, 0.1) is 11.8 Å². The maximum atomic E-state index is 3.96. The van der Waals surface area contributed by atoms with Crippen molar-refractivity contribution in [2.45, 2.75) is 26.2 Å². The molecular weight excluding hydrogens is 146 g/mol. The zero-order valence-corrected chi connectivity index (χ0v) is 7.38. The van der Waals surface area contributed by atoms with E-state index in [1.807, 2.05) is 19.3 Å². The molecule has 0 bridgehead atoms. The van der Waals surface area contributed by atoms with E-state index in [0.29, 0.717) is 0 Å². The first-order chi connectivity index (χ1) is 5.93. The second-order valence-electron chi connectivity index (χ2n) is 2.64. The molecule has 12 heavy (non-hydrogen) atoms. The molecule has 0 saturated carbocycles. The molecular formula is C11H13N. The topological polar surface area (TPSA) is 12.9 Å². The van der Waals surface area contributed by atoms with E-state index in [0.717, 1.165) is 19.3 Å². The summed E-state index contributed by atoms with van der Waals surface area (Å²) in [7, 11) is 0. The summed E-state index contributed by atoms with van der Waals surface area (Å²) in [5, 5.41) is 0. The lowest BCUT2D eigenvalue weighted by atomic mass is 10.1. The number of hydrogen-bond donors (Lipinski definition) is 0. The van der Waals surface area contributed by atoms with Crippen molar-refractivity contribution >= 4 is 0 Å². The van der Waals surface area contributed by atoms with Crippen LogP contribution >= 0.6 is 0 Å². The van der Waals surface area contributed by atoms with E-state index in [4.69, 9.17) is 0 Å². The lowest BCUT2D eigenvalue weighted by Crippen LogP contribution is -1.84. The van der Waals surface area contributed by atoms with E-state index < -0.39 is 0 Å². The van der Waals surface area contributed by atoms with Gasteiger partial charge in [-0.2, -0.15) is 0 Å². The highest BCUT2D eigenvalue weighted by molar-refractivity contribution is 5.10. The molecule has 1 nitrogen and oxygen atoms in total. The van der Waals surface area contributed by atoms with Crippen molar-refractivity contribution in [3.05, 3.63) is 30.1 Å². The Bertz CT molecular complexity index is 266. The molecule has 0 aromatic carbocycles. The Hall–Kier alpha value is -1.29. The molecule has 0 aliphatic carbocycles. The van der Waals surface area contributed by atoms with Crippen molar-refractivity contribution in [3.63, 3.8) is 0 Å². The third-order valence-corrected chi connectivity index (χ3v) is 1.69. The zero-order valence-electron chi connectivity index (χ0n) is 7.38. The number of unbranched alkanes of at least 4 members (excludes halogenated alkanes) is 1. The molecule has 1 aromatic heterocycles. The average molecular weight is 159 g/mol. The van der Waals surface area contributed by atoms with Gasteiger partial charge >= 0.3 is 0 Å². The van der Waals surface area contributed by atoms with E-state index in [1.54, 1.807) is 0 Å². The average Bonchev–Trinajstić information content (AvgIpc) is 2.14. The molecule has 1 rings (SSSR count). The van der Waals surface area contributed by atoms with Crippen LogP contribution in [0.15, 0.2) is 24.5 Å². The number of pyridine rings is 1. The number of nitrogens with zero attached hydrogens (tertiary/aromatic N) is 1. The number of rotatable bonds is 3. The molecule has 0 saturated heterocycles. The Balaban J connectivity index is 2.27. The zero-order chi connectivity index (χ0) is 8.65. The van der Waals surface area contributed by atoms with Crippen LogP contribution in [0.5, 0.6) is 0 Å². The van der Waals surface area contributed by atoms with Gasteiger partial charge in [-0.3, -0.25) is 4.98 Å². The molecule has 1 aromatic rings. The first-order valence-electron chi connectivity index (χ1n) is 4.22. The predicted octanol–water partition coefficient (Wildman–Crippen LogP) is 2.43. The second-order valence-corrected chi connectivity index (χ2v) is 2.64. The highest BCUT2D eigenvalue weighted by atomic mass is 14.6. The third kappa shape index (κ3) is 3.21. The lowest BCUT2D eigenvalue weighted by molar-refractivity contribution is 0.855. The second kappa shape index (κ2) is 5.37. The fraction of sp³-hybridized carbons (Fsp3) is 0.364. The molecule has 0 aliphatic rings. The monoisotopic (exact) mass is 159 g/mol. The van der Waals surface area contributed by atoms with Gasteiger partial charge in [0.05, 0.1) is 0 Å². The molecule has 62 valence electrons. The fourth-order valence-corrected chi connectivity index (χ4v) is 1.06. The summed E-state index contributed by atoms with van der Waals surface area (Å²) in [6, 6.07) is 4.11. The number of aryl methyl sites for hydroxylation is 1. The van der Waals surface area contributed by atoms with Crippen LogP contribution in [0.4, 0.5) is 0 Å². The molecule has 0 aliphatic heterocycles. The van der Waals surface area contributed by atoms with Crippen molar-refractivity contribution in [2.24, 2.45) is 0 Å². The summed E-state index contributed by atoms with van der Waals surface area (Å²) >= 11 is 0. The minimum absolute atomic E-state index is 0.999. The number of aromatic nitrogens is 1. The molecule has 1 heteroatoms. The van der Waals surface area contributed by atoms with Crippen LogP contribution < -0.4 is 0 Å². The first-order valence-corrected chi connectivity index (χ1v) is 4.22. The minimum Gasteiger partial charge on any atom is -0.265 e. The molecule has 0 radical (unpaired) electrons. The summed E-state index contributed by atoms with van der Waals surface area (Å²) in [4.78, 5) is 3.96. The third-order valence-electron chi connectivity index (χ3n) is 1.69. The minimum atomic E-state index is 0.999. The van der Waals surface area contributed by atoms with Crippen molar-refractivity contribution in [1.82, 2.24) is 4.98 Å². The van der Waals surface area contributed by atoms with Crippen LogP contribution in [0.1, 0.15) is 25.3 Å². The van der Waals surface area contributed by atoms with Gasteiger partial charge in [0.15, 0.2) is 0 Å². The van der Waals surface area contributed by atoms with E-state index in [2.05, 4.69) is 29.0 Å². The van der Waals surface area contributed by atoms with Crippen molar-refractivity contribution in [1.29, 1.82) is 0 Å². The van der Waals surface area contributed by atoms with E-state index >= 15 is 0 Å². The highest BCUT2D eigenvalue weighted by Gasteiger charge is 1.89. The Morgan fingerprint density at radius 2 is 2.08 bits per heavy atom. The fourth-order valence-electron chi connectivity index (χ4n) is 1.06. The molecule has 0 atom stereocenters. The summed E-state index contributed by atoms with van der Waals surface area (Å²) in [5.41, 5.74) is 1.35. The van der Waals surface area contributed by atoms with Crippen LogP contribution in [-0.4, -0.2) is 4.98 Å². The first kappa shape index (κ1) is 8.80. The maximum Gasteiger partial charge on any atom is 0.0270 e. The van der Waals surface area contributed by atoms with Crippen molar-refractivity contribution in [2.75, 3.05) is 0 Å². The Morgan fingerprint density at radius 3 is 2.75 bits per heavy atom. The van der Waals surface area contributed by atoms with Crippen molar-refractivity contribution < 1.29 is 0 Å². The van der Waals surface area contributed by atoms with Gasteiger partial charge in [-0.15, -0.1) is 11.8 Å². The highest BCUT2D eigenvalue weighted by Crippen LogP contribution is 2.02. The molecule has 0 spiro atoms. The van der Waals surface area contributed by atoms with E-state index in [-0.39, 0.29) is 0 Å². The van der Waals surface area contributed by atoms with Gasteiger partial charge in [-0.05, 0) is 37.5 Å². The summed E-state index contributed by atoms with van der Waals surface area (Å²) in [6.45, 7) is 1.88. The van der Waals surface area contributed by atoms with Gasteiger partial charge in [0.2, 0.25) is 0 Å². The van der Waals surface area contributed by atoms with Gasteiger partial charge in [-0.1, -0.05) is 0 Å². The molecule has 0 fully saturated rings. The summed E-state index contributed by atoms with van der Waals surface area (Å²) in [6.07, 6.45) is 6.92. The SMILES string of the molecule is CC#CCCCc1ccncc1. The Labute approximate surface area is 73.8 Å². The van der Waals surface area contributed by atoms with Gasteiger partial charge in [0, 0.05) is 18.8 Å². The predicted molar refractivity (Wildman–Crippen MR) is 50.6 cm³/mol. The normalized spacial score (nSPS) is 8.75. The summed E-state index contributed by atoms with van der Waals surface area (Å²) in [5.74, 6) is 5.94. The molecule has 0 amide bonds. The van der Waals surface area contributed by atoms with Gasteiger partial charge in [-0.25, -0.2) is 0 Å². The lowest BCUT2D eigenvalue weighted by Gasteiger charge is -1.96. The van der Waals surface area contributed by atoms with E-state index in [1.165, 1.54) is 5.56 Å². The van der Waals surface area contributed by atoms with Gasteiger partial charge < -0.3 is 0 Å². The van der Waals surface area contributed by atoms with Gasteiger partial charge in [0.25, 0.3) is 0 Å². The van der Waals surface area contributed by atoms with Crippen LogP contribution in [0.25, 0.3) is 0 Å². The van der Waals surface area contributed by atoms with E-state index in [9.17, 15) is 0 Å². The van der Waals surface area contributed by atoms with Gasteiger partial charge in [0.1, 0.15) is 0 Å². The largest absolute Gasteiger partial charge is 0.265 e. The maximum absolute atomic E-state index is 3.96. The van der Waals surface area contributed by atoms with Crippen LogP contribution in [0.2, 0.25) is 0 Å². The standard InChI is InChI=1S/C11H13N/c1-2-3-4-5-6-11-7-9-12-10-8-11/h7-10H,4-6H2,1H3. The molecule has 1 heterocycles. The van der Waals surface area contributed by atoms with Crippen LogP contribution in [0.3, 0.4) is 0 Å². The quantitative estimate of drug-likeness (QED) is 0.487. The smallest absolute Gasteiger partial charge is 0.0270 e. The molecule has 0 unspecified atom stereocenters.